The predicted molar refractivity (Wildman–Crippen MR) is 114 cm³/mol. The summed E-state index contributed by atoms with van der Waals surface area (Å²) in [5, 5.41) is 11.7. The summed E-state index contributed by atoms with van der Waals surface area (Å²) in [5.74, 6) is 0. The standard InChI is InChI=1S/C24H19N.ClH/c1-2-5-17(6-3-1)15-25-16-21-12-11-20-10-9-18-7-4-8-19-13-14-22(21)24(20)23(18)19;/h1-14,25H,15-16H2;1H. The fourth-order valence-electron chi connectivity index (χ4n) is 3.89. The van der Waals surface area contributed by atoms with Crippen LogP contribution in [-0.2, 0) is 13.1 Å². The highest BCUT2D eigenvalue weighted by atomic mass is 35.5. The summed E-state index contributed by atoms with van der Waals surface area (Å²) in [7, 11) is 0. The van der Waals surface area contributed by atoms with Gasteiger partial charge in [-0.25, -0.2) is 0 Å². The van der Waals surface area contributed by atoms with Crippen LogP contribution in [0.3, 0.4) is 0 Å². The van der Waals surface area contributed by atoms with E-state index in [9.17, 15) is 0 Å². The van der Waals surface area contributed by atoms with Crippen LogP contribution in [0.5, 0.6) is 0 Å². The first-order chi connectivity index (χ1) is 12.4. The maximum atomic E-state index is 3.59. The van der Waals surface area contributed by atoms with Gasteiger partial charge in [-0.2, -0.15) is 0 Å². The van der Waals surface area contributed by atoms with E-state index in [1.54, 1.807) is 0 Å². The molecule has 0 aromatic heterocycles. The highest BCUT2D eigenvalue weighted by molar-refractivity contribution is 6.23. The second kappa shape index (κ2) is 6.95. The molecule has 0 radical (unpaired) electrons. The molecule has 1 nitrogen and oxygen atoms in total. The molecule has 0 aliphatic heterocycles. The average Bonchev–Trinajstić information content (AvgIpc) is 2.68. The summed E-state index contributed by atoms with van der Waals surface area (Å²) in [6.45, 7) is 1.77. The number of benzene rings is 5. The van der Waals surface area contributed by atoms with Gasteiger partial charge in [0.1, 0.15) is 0 Å². The molecular formula is C24H20ClN. The summed E-state index contributed by atoms with van der Waals surface area (Å²) in [6, 6.07) is 30.7. The van der Waals surface area contributed by atoms with Crippen molar-refractivity contribution < 1.29 is 0 Å². The summed E-state index contributed by atoms with van der Waals surface area (Å²) >= 11 is 0. The number of rotatable bonds is 4. The van der Waals surface area contributed by atoms with Crippen LogP contribution in [0.15, 0.2) is 84.9 Å². The quantitative estimate of drug-likeness (QED) is 0.372. The van der Waals surface area contributed by atoms with E-state index in [-0.39, 0.29) is 12.4 Å². The van der Waals surface area contributed by atoms with Crippen molar-refractivity contribution in [2.75, 3.05) is 0 Å². The minimum atomic E-state index is 0. The Labute approximate surface area is 159 Å². The first kappa shape index (κ1) is 16.8. The second-order valence-corrected chi connectivity index (χ2v) is 6.67. The lowest BCUT2D eigenvalue weighted by atomic mass is 9.92. The fourth-order valence-corrected chi connectivity index (χ4v) is 3.89. The number of hydrogen-bond acceptors (Lipinski definition) is 1. The maximum absolute atomic E-state index is 3.59. The highest BCUT2D eigenvalue weighted by Gasteiger charge is 2.10. The number of nitrogens with one attached hydrogen (secondary N) is 1. The molecule has 5 rings (SSSR count). The van der Waals surface area contributed by atoms with E-state index in [4.69, 9.17) is 0 Å². The monoisotopic (exact) mass is 357 g/mol. The maximum Gasteiger partial charge on any atom is 0.0214 e. The van der Waals surface area contributed by atoms with E-state index in [1.165, 1.54) is 43.4 Å². The Morgan fingerprint density at radius 1 is 0.538 bits per heavy atom. The van der Waals surface area contributed by atoms with E-state index < -0.39 is 0 Å². The zero-order chi connectivity index (χ0) is 16.6. The SMILES string of the molecule is Cl.c1ccc(CNCc2ccc3ccc4cccc5ccc2c3c45)cc1. The van der Waals surface area contributed by atoms with Gasteiger partial charge in [-0.1, -0.05) is 84.9 Å². The summed E-state index contributed by atoms with van der Waals surface area (Å²) in [4.78, 5) is 0. The lowest BCUT2D eigenvalue weighted by Gasteiger charge is -2.14. The molecule has 26 heavy (non-hydrogen) atoms. The molecular weight excluding hydrogens is 338 g/mol. The minimum Gasteiger partial charge on any atom is -0.309 e. The molecule has 0 saturated carbocycles. The van der Waals surface area contributed by atoms with Crippen molar-refractivity contribution in [3.05, 3.63) is 96.1 Å². The fraction of sp³-hybridized carbons (Fsp3) is 0.0833. The van der Waals surface area contributed by atoms with Crippen molar-refractivity contribution in [1.29, 1.82) is 0 Å². The van der Waals surface area contributed by atoms with Gasteiger partial charge in [0.15, 0.2) is 0 Å². The van der Waals surface area contributed by atoms with E-state index in [1.807, 2.05) is 0 Å². The second-order valence-electron chi connectivity index (χ2n) is 6.67. The van der Waals surface area contributed by atoms with Gasteiger partial charge < -0.3 is 5.32 Å². The third kappa shape index (κ3) is 2.80. The molecule has 0 unspecified atom stereocenters. The van der Waals surface area contributed by atoms with Crippen LogP contribution in [0.4, 0.5) is 0 Å². The third-order valence-corrected chi connectivity index (χ3v) is 5.11. The molecule has 0 bridgehead atoms. The molecule has 128 valence electrons. The van der Waals surface area contributed by atoms with Gasteiger partial charge >= 0.3 is 0 Å². The lowest BCUT2D eigenvalue weighted by molar-refractivity contribution is 0.697. The lowest BCUT2D eigenvalue weighted by Crippen LogP contribution is -2.12. The molecule has 0 atom stereocenters. The Morgan fingerprint density at radius 3 is 1.96 bits per heavy atom. The van der Waals surface area contributed by atoms with E-state index in [2.05, 4.69) is 90.2 Å². The van der Waals surface area contributed by atoms with Gasteiger partial charge in [0.05, 0.1) is 0 Å². The van der Waals surface area contributed by atoms with Gasteiger partial charge in [0.2, 0.25) is 0 Å². The van der Waals surface area contributed by atoms with Crippen molar-refractivity contribution in [2.24, 2.45) is 0 Å². The zero-order valence-corrected chi connectivity index (χ0v) is 15.2. The highest BCUT2D eigenvalue weighted by Crippen LogP contribution is 2.35. The van der Waals surface area contributed by atoms with Crippen molar-refractivity contribution in [3.8, 4) is 0 Å². The first-order valence-corrected chi connectivity index (χ1v) is 8.80. The molecule has 0 saturated heterocycles. The van der Waals surface area contributed by atoms with Crippen molar-refractivity contribution in [1.82, 2.24) is 5.32 Å². The predicted octanol–water partition coefficient (Wildman–Crippen LogP) is 6.30. The largest absolute Gasteiger partial charge is 0.309 e. The Balaban J connectivity index is 0.00000168. The van der Waals surface area contributed by atoms with Crippen LogP contribution in [0.1, 0.15) is 11.1 Å². The van der Waals surface area contributed by atoms with E-state index in [0.29, 0.717) is 0 Å². The molecule has 1 N–H and O–H groups in total. The molecule has 0 spiro atoms. The van der Waals surface area contributed by atoms with E-state index in [0.717, 1.165) is 13.1 Å². The summed E-state index contributed by atoms with van der Waals surface area (Å²) in [6.07, 6.45) is 0. The Kier molecular flexibility index (Phi) is 4.50. The van der Waals surface area contributed by atoms with Crippen LogP contribution >= 0.6 is 12.4 Å². The molecule has 0 aliphatic carbocycles. The molecule has 5 aromatic rings. The topological polar surface area (TPSA) is 12.0 Å². The minimum absolute atomic E-state index is 0. The normalized spacial score (nSPS) is 11.2. The van der Waals surface area contributed by atoms with Crippen LogP contribution in [0, 0.1) is 0 Å². The van der Waals surface area contributed by atoms with Gasteiger partial charge in [-0.15, -0.1) is 12.4 Å². The Bertz CT molecular complexity index is 1150. The Morgan fingerprint density at radius 2 is 1.19 bits per heavy atom. The van der Waals surface area contributed by atoms with Crippen LogP contribution in [0.2, 0.25) is 0 Å². The van der Waals surface area contributed by atoms with Crippen LogP contribution in [-0.4, -0.2) is 0 Å². The summed E-state index contributed by atoms with van der Waals surface area (Å²) < 4.78 is 0. The molecule has 0 fully saturated rings. The molecule has 2 heteroatoms. The van der Waals surface area contributed by atoms with Crippen molar-refractivity contribution >= 4 is 44.7 Å². The van der Waals surface area contributed by atoms with Crippen LogP contribution < -0.4 is 5.32 Å². The van der Waals surface area contributed by atoms with Crippen molar-refractivity contribution in [2.45, 2.75) is 13.1 Å². The van der Waals surface area contributed by atoms with Gasteiger partial charge in [-0.3, -0.25) is 0 Å². The van der Waals surface area contributed by atoms with Gasteiger partial charge in [0, 0.05) is 13.1 Å². The Hall–Kier alpha value is -2.61. The summed E-state index contributed by atoms with van der Waals surface area (Å²) in [5.41, 5.74) is 2.68. The average molecular weight is 358 g/mol. The molecule has 5 aromatic carbocycles. The molecule has 0 amide bonds. The molecule has 0 heterocycles. The third-order valence-electron chi connectivity index (χ3n) is 5.11. The zero-order valence-electron chi connectivity index (χ0n) is 14.4. The van der Waals surface area contributed by atoms with Gasteiger partial charge in [-0.05, 0) is 43.4 Å². The molecule has 0 aliphatic rings. The smallest absolute Gasteiger partial charge is 0.0214 e. The van der Waals surface area contributed by atoms with E-state index >= 15 is 0 Å². The number of halogens is 1. The van der Waals surface area contributed by atoms with Gasteiger partial charge in [0.25, 0.3) is 0 Å². The van der Waals surface area contributed by atoms with Crippen LogP contribution in [0.25, 0.3) is 32.3 Å². The first-order valence-electron chi connectivity index (χ1n) is 8.80. The van der Waals surface area contributed by atoms with Crippen molar-refractivity contribution in [3.63, 3.8) is 0 Å². The number of hydrogen-bond donors (Lipinski definition) is 1.